The highest BCUT2D eigenvalue weighted by Crippen LogP contribution is 2.18. The summed E-state index contributed by atoms with van der Waals surface area (Å²) < 4.78 is 14.2. The second-order valence-electron chi connectivity index (χ2n) is 6.39. The van der Waals surface area contributed by atoms with Crippen molar-refractivity contribution in [1.82, 2.24) is 0 Å². The van der Waals surface area contributed by atoms with Crippen LogP contribution in [0.3, 0.4) is 0 Å². The third-order valence-electron chi connectivity index (χ3n) is 4.42. The zero-order chi connectivity index (χ0) is 22.3. The van der Waals surface area contributed by atoms with E-state index in [9.17, 15) is 19.2 Å². The molecule has 0 aliphatic carbocycles. The summed E-state index contributed by atoms with van der Waals surface area (Å²) in [5, 5.41) is 9.13. The van der Waals surface area contributed by atoms with Crippen LogP contribution in [-0.4, -0.2) is 56.7 Å². The van der Waals surface area contributed by atoms with Crippen molar-refractivity contribution in [3.8, 4) is 0 Å². The quantitative estimate of drug-likeness (QED) is 0.396. The lowest BCUT2D eigenvalue weighted by Gasteiger charge is -2.10. The Balaban J connectivity index is 2.37. The molecule has 0 heterocycles. The molecule has 30 heavy (non-hydrogen) atoms. The average Bonchev–Trinajstić information content (AvgIpc) is 2.79. The number of ketones is 1. The summed E-state index contributed by atoms with van der Waals surface area (Å²) in [4.78, 5) is 47.7. The fourth-order valence-corrected chi connectivity index (χ4v) is 2.92. The number of ether oxygens (including phenoxy) is 3. The number of aliphatic hydroxyl groups is 1. The molecule has 0 aromatic heterocycles. The summed E-state index contributed by atoms with van der Waals surface area (Å²) in [5.74, 6) is -2.32. The largest absolute Gasteiger partial charge is 0.465 e. The number of hydrogen-bond acceptors (Lipinski definition) is 8. The Bertz CT molecular complexity index is 829. The highest BCUT2D eigenvalue weighted by Gasteiger charge is 2.16. The first-order chi connectivity index (χ1) is 14.3. The van der Waals surface area contributed by atoms with Crippen molar-refractivity contribution in [3.05, 3.63) is 69.8 Å². The maximum absolute atomic E-state index is 11.9. The molecule has 0 atom stereocenters. The van der Waals surface area contributed by atoms with Crippen LogP contribution in [0.1, 0.15) is 52.6 Å². The number of rotatable bonds is 8. The van der Waals surface area contributed by atoms with Crippen LogP contribution in [0.15, 0.2) is 36.4 Å². The van der Waals surface area contributed by atoms with E-state index in [-0.39, 0.29) is 22.3 Å². The number of esters is 3. The highest BCUT2D eigenvalue weighted by molar-refractivity contribution is 6.00. The van der Waals surface area contributed by atoms with Crippen LogP contribution in [0.5, 0.6) is 0 Å². The van der Waals surface area contributed by atoms with E-state index in [4.69, 9.17) is 19.3 Å². The second kappa shape index (κ2) is 10.3. The zero-order valence-electron chi connectivity index (χ0n) is 16.9. The Hall–Kier alpha value is -3.52. The molecule has 0 radical (unpaired) electrons. The van der Waals surface area contributed by atoms with E-state index in [1.807, 2.05) is 0 Å². The molecule has 0 saturated carbocycles. The van der Waals surface area contributed by atoms with Crippen LogP contribution >= 0.6 is 0 Å². The van der Waals surface area contributed by atoms with E-state index < -0.39 is 30.3 Å². The molecule has 0 amide bonds. The number of methoxy groups -OCH3 is 3. The summed E-state index contributed by atoms with van der Waals surface area (Å²) in [6.45, 7) is -0.687. The summed E-state index contributed by atoms with van der Waals surface area (Å²) in [6, 6.07) is 9.12. The van der Waals surface area contributed by atoms with Crippen LogP contribution in [0.4, 0.5) is 0 Å². The van der Waals surface area contributed by atoms with Gasteiger partial charge in [0, 0.05) is 5.56 Å². The molecule has 0 aliphatic heterocycles. The van der Waals surface area contributed by atoms with Gasteiger partial charge in [0.15, 0.2) is 5.78 Å². The summed E-state index contributed by atoms with van der Waals surface area (Å²) in [5.41, 5.74) is 2.10. The number of carbonyl (C=O) groups is 4. The molecule has 0 spiro atoms. The SMILES string of the molecule is COC(=O)c1cc(CCc2cc(C(=O)OC)cc(C(=O)OC)c2)cc(C(=O)CO)c1. The van der Waals surface area contributed by atoms with Crippen molar-refractivity contribution in [1.29, 1.82) is 0 Å². The van der Waals surface area contributed by atoms with Gasteiger partial charge in [-0.05, 0) is 60.4 Å². The Kier molecular flexibility index (Phi) is 7.83. The van der Waals surface area contributed by atoms with Crippen LogP contribution in [0, 0.1) is 0 Å². The van der Waals surface area contributed by atoms with Gasteiger partial charge in [0.2, 0.25) is 0 Å². The zero-order valence-corrected chi connectivity index (χ0v) is 16.9. The lowest BCUT2D eigenvalue weighted by Crippen LogP contribution is -2.10. The number of carbonyl (C=O) groups excluding carboxylic acids is 4. The van der Waals surface area contributed by atoms with E-state index >= 15 is 0 Å². The molecule has 2 aromatic rings. The van der Waals surface area contributed by atoms with Gasteiger partial charge >= 0.3 is 17.9 Å². The van der Waals surface area contributed by atoms with Crippen LogP contribution in [0.25, 0.3) is 0 Å². The minimum atomic E-state index is -0.687. The van der Waals surface area contributed by atoms with Gasteiger partial charge in [-0.2, -0.15) is 0 Å². The van der Waals surface area contributed by atoms with Crippen LogP contribution in [-0.2, 0) is 27.1 Å². The number of hydrogen-bond donors (Lipinski definition) is 1. The second-order valence-corrected chi connectivity index (χ2v) is 6.39. The summed E-state index contributed by atoms with van der Waals surface area (Å²) in [7, 11) is 3.71. The molecular formula is C22H22O8. The molecule has 8 nitrogen and oxygen atoms in total. The predicted molar refractivity (Wildman–Crippen MR) is 106 cm³/mol. The van der Waals surface area contributed by atoms with Crippen molar-refractivity contribution in [2.24, 2.45) is 0 Å². The fourth-order valence-electron chi connectivity index (χ4n) is 2.92. The van der Waals surface area contributed by atoms with E-state index in [0.29, 0.717) is 24.0 Å². The van der Waals surface area contributed by atoms with Crippen molar-refractivity contribution in [3.63, 3.8) is 0 Å². The first-order valence-electron chi connectivity index (χ1n) is 8.99. The minimum Gasteiger partial charge on any atom is -0.465 e. The molecule has 0 fully saturated rings. The Morgan fingerprint density at radius 2 is 0.967 bits per heavy atom. The van der Waals surface area contributed by atoms with Gasteiger partial charge in [0.1, 0.15) is 6.61 Å². The third kappa shape index (κ3) is 5.51. The maximum atomic E-state index is 11.9. The molecule has 0 bridgehead atoms. The number of benzene rings is 2. The number of Topliss-reactive ketones (excluding diaryl/α,β-unsaturated/α-hetero) is 1. The topological polar surface area (TPSA) is 116 Å². The standard InChI is InChI=1S/C22H22O8/c1-28-20(25)16-7-13(6-15(10-16)19(24)12-23)4-5-14-8-17(21(26)29-2)11-18(9-14)22(27)30-3/h6-11,23H,4-5,12H2,1-3H3. The average molecular weight is 414 g/mol. The van der Waals surface area contributed by atoms with Gasteiger partial charge in [0.05, 0.1) is 38.0 Å². The van der Waals surface area contributed by atoms with E-state index in [0.717, 1.165) is 0 Å². The predicted octanol–water partition coefficient (Wildman–Crippen LogP) is 2.01. The monoisotopic (exact) mass is 414 g/mol. The van der Waals surface area contributed by atoms with E-state index in [1.54, 1.807) is 24.3 Å². The normalized spacial score (nSPS) is 10.3. The first-order valence-corrected chi connectivity index (χ1v) is 8.99. The lowest BCUT2D eigenvalue weighted by atomic mass is 9.96. The maximum Gasteiger partial charge on any atom is 0.337 e. The Morgan fingerprint density at radius 3 is 1.30 bits per heavy atom. The van der Waals surface area contributed by atoms with Crippen molar-refractivity contribution >= 4 is 23.7 Å². The van der Waals surface area contributed by atoms with E-state index in [1.165, 1.54) is 33.5 Å². The van der Waals surface area contributed by atoms with Gasteiger partial charge in [-0.15, -0.1) is 0 Å². The Labute approximate surface area is 173 Å². The van der Waals surface area contributed by atoms with Crippen molar-refractivity contribution in [2.75, 3.05) is 27.9 Å². The molecule has 158 valence electrons. The molecule has 2 aromatic carbocycles. The van der Waals surface area contributed by atoms with Crippen molar-refractivity contribution in [2.45, 2.75) is 12.8 Å². The molecule has 0 saturated heterocycles. The van der Waals surface area contributed by atoms with Gasteiger partial charge in [-0.3, -0.25) is 4.79 Å². The minimum absolute atomic E-state index is 0.186. The van der Waals surface area contributed by atoms with E-state index in [2.05, 4.69) is 0 Å². The van der Waals surface area contributed by atoms with Crippen LogP contribution < -0.4 is 0 Å². The molecule has 0 unspecified atom stereocenters. The van der Waals surface area contributed by atoms with Gasteiger partial charge < -0.3 is 19.3 Å². The highest BCUT2D eigenvalue weighted by atomic mass is 16.5. The smallest absolute Gasteiger partial charge is 0.337 e. The van der Waals surface area contributed by atoms with Crippen LogP contribution in [0.2, 0.25) is 0 Å². The molecule has 0 aliphatic rings. The summed E-state index contributed by atoms with van der Waals surface area (Å²) >= 11 is 0. The molecule has 2 rings (SSSR count). The van der Waals surface area contributed by atoms with Crippen molar-refractivity contribution < 1.29 is 38.5 Å². The Morgan fingerprint density at radius 1 is 0.633 bits per heavy atom. The lowest BCUT2D eigenvalue weighted by molar-refractivity contribution is 0.0587. The molecule has 8 heteroatoms. The number of aryl methyl sites for hydroxylation is 2. The molecule has 1 N–H and O–H groups in total. The summed E-state index contributed by atoms with van der Waals surface area (Å²) in [6.07, 6.45) is 0.786. The van der Waals surface area contributed by atoms with Gasteiger partial charge in [0.25, 0.3) is 0 Å². The van der Waals surface area contributed by atoms with Gasteiger partial charge in [-0.25, -0.2) is 14.4 Å². The fraction of sp³-hybridized carbons (Fsp3) is 0.273. The van der Waals surface area contributed by atoms with Gasteiger partial charge in [-0.1, -0.05) is 0 Å². The number of aliphatic hydroxyl groups excluding tert-OH is 1. The molecular weight excluding hydrogens is 392 g/mol. The first kappa shape index (κ1) is 22.8. The third-order valence-corrected chi connectivity index (χ3v) is 4.42.